The van der Waals surface area contributed by atoms with Crippen molar-refractivity contribution in [1.82, 2.24) is 9.88 Å². The maximum Gasteiger partial charge on any atom is 0.325 e. The molecule has 7 heteroatoms. The molecule has 1 atom stereocenters. The molecule has 0 radical (unpaired) electrons. The van der Waals surface area contributed by atoms with E-state index in [9.17, 15) is 14.3 Å². The monoisotopic (exact) mass is 455 g/mol. The number of anilines is 1. The number of carboxylic acids is 1. The SMILES string of the molecule is CN(C1CC(OCCCCCc2ccc3c(n2)NCCC3)C1)C(C(=O)O)c1cccc(F)c1. The highest BCUT2D eigenvalue weighted by atomic mass is 19.1. The van der Waals surface area contributed by atoms with Gasteiger partial charge in [-0.3, -0.25) is 9.69 Å². The van der Waals surface area contributed by atoms with Crippen molar-refractivity contribution in [3.05, 3.63) is 59.0 Å². The highest BCUT2D eigenvalue weighted by Crippen LogP contribution is 2.33. The summed E-state index contributed by atoms with van der Waals surface area (Å²) in [7, 11) is 1.80. The smallest absolute Gasteiger partial charge is 0.325 e. The molecule has 1 unspecified atom stereocenters. The fourth-order valence-electron chi connectivity index (χ4n) is 4.79. The second-order valence-electron chi connectivity index (χ2n) is 9.23. The molecule has 1 aliphatic carbocycles. The highest BCUT2D eigenvalue weighted by molar-refractivity contribution is 5.75. The molecular weight excluding hydrogens is 421 g/mol. The van der Waals surface area contributed by atoms with Crippen molar-refractivity contribution in [1.29, 1.82) is 0 Å². The van der Waals surface area contributed by atoms with Crippen molar-refractivity contribution in [3.63, 3.8) is 0 Å². The molecule has 2 aliphatic rings. The van der Waals surface area contributed by atoms with Crippen LogP contribution in [0.25, 0.3) is 0 Å². The van der Waals surface area contributed by atoms with Gasteiger partial charge in [0.15, 0.2) is 0 Å². The van der Waals surface area contributed by atoms with Crippen LogP contribution in [0.15, 0.2) is 36.4 Å². The van der Waals surface area contributed by atoms with Gasteiger partial charge in [-0.25, -0.2) is 9.37 Å². The number of rotatable bonds is 11. The third-order valence-corrected chi connectivity index (χ3v) is 6.83. The van der Waals surface area contributed by atoms with Crippen LogP contribution in [-0.2, 0) is 22.4 Å². The number of fused-ring (bicyclic) bond motifs is 1. The number of aliphatic carboxylic acids is 1. The molecule has 0 spiro atoms. The predicted molar refractivity (Wildman–Crippen MR) is 126 cm³/mol. The van der Waals surface area contributed by atoms with E-state index in [0.29, 0.717) is 5.56 Å². The second kappa shape index (κ2) is 11.1. The van der Waals surface area contributed by atoms with E-state index >= 15 is 0 Å². The topological polar surface area (TPSA) is 74.7 Å². The number of nitrogens with one attached hydrogen (secondary N) is 1. The minimum atomic E-state index is -0.961. The number of likely N-dealkylation sites (N-methyl/N-ethyl adjacent to an activating group) is 1. The number of nitrogens with zero attached hydrogens (tertiary/aromatic N) is 2. The Balaban J connectivity index is 1.12. The van der Waals surface area contributed by atoms with Crippen molar-refractivity contribution in [2.24, 2.45) is 0 Å². The number of carbonyl (C=O) groups is 1. The van der Waals surface area contributed by atoms with Crippen molar-refractivity contribution < 1.29 is 19.0 Å². The van der Waals surface area contributed by atoms with Crippen LogP contribution in [0.5, 0.6) is 0 Å². The molecule has 1 saturated carbocycles. The average molecular weight is 456 g/mol. The molecule has 1 aliphatic heterocycles. The van der Waals surface area contributed by atoms with Crippen LogP contribution in [0.3, 0.4) is 0 Å². The van der Waals surface area contributed by atoms with Gasteiger partial charge in [0.1, 0.15) is 17.7 Å². The first-order valence-corrected chi connectivity index (χ1v) is 12.1. The Morgan fingerprint density at radius 3 is 2.91 bits per heavy atom. The highest BCUT2D eigenvalue weighted by Gasteiger charge is 2.38. The number of pyridine rings is 1. The number of carboxylic acid groups (broad SMARTS) is 1. The zero-order chi connectivity index (χ0) is 23.2. The van der Waals surface area contributed by atoms with Crippen LogP contribution in [0.1, 0.15) is 61.4 Å². The molecule has 1 fully saturated rings. The fourth-order valence-corrected chi connectivity index (χ4v) is 4.79. The largest absolute Gasteiger partial charge is 0.480 e. The summed E-state index contributed by atoms with van der Waals surface area (Å²) in [6.45, 7) is 1.74. The van der Waals surface area contributed by atoms with E-state index < -0.39 is 17.8 Å². The molecule has 2 heterocycles. The maximum absolute atomic E-state index is 13.6. The number of benzene rings is 1. The van der Waals surface area contributed by atoms with Gasteiger partial charge in [0, 0.05) is 24.9 Å². The fraction of sp³-hybridized carbons (Fsp3) is 0.538. The second-order valence-corrected chi connectivity index (χ2v) is 9.23. The van der Waals surface area contributed by atoms with Crippen LogP contribution < -0.4 is 5.32 Å². The predicted octanol–water partition coefficient (Wildman–Crippen LogP) is 4.60. The van der Waals surface area contributed by atoms with Gasteiger partial charge in [0.05, 0.1) is 6.10 Å². The first-order chi connectivity index (χ1) is 16.0. The van der Waals surface area contributed by atoms with Gasteiger partial charge in [-0.15, -0.1) is 0 Å². The van der Waals surface area contributed by atoms with Crippen molar-refractivity contribution in [3.8, 4) is 0 Å². The van der Waals surface area contributed by atoms with Crippen LogP contribution in [0, 0.1) is 5.82 Å². The van der Waals surface area contributed by atoms with Crippen LogP contribution in [-0.4, -0.2) is 53.3 Å². The van der Waals surface area contributed by atoms with Crippen LogP contribution in [0.4, 0.5) is 10.2 Å². The van der Waals surface area contributed by atoms with Crippen LogP contribution in [0.2, 0.25) is 0 Å². The van der Waals surface area contributed by atoms with Gasteiger partial charge in [-0.1, -0.05) is 24.6 Å². The number of halogens is 1. The summed E-state index contributed by atoms with van der Waals surface area (Å²) in [5, 5.41) is 13.1. The number of hydrogen-bond donors (Lipinski definition) is 2. The Kier molecular flexibility index (Phi) is 7.93. The molecule has 0 amide bonds. The van der Waals surface area contributed by atoms with E-state index in [1.165, 1.54) is 24.1 Å². The molecular formula is C26H34FN3O3. The zero-order valence-corrected chi connectivity index (χ0v) is 19.3. The van der Waals surface area contributed by atoms with Gasteiger partial charge in [-0.2, -0.15) is 0 Å². The lowest BCUT2D eigenvalue weighted by molar-refractivity contribution is -0.146. The lowest BCUT2D eigenvalue weighted by Gasteiger charge is -2.43. The molecule has 6 nitrogen and oxygen atoms in total. The Labute approximate surface area is 195 Å². The molecule has 1 aromatic heterocycles. The van der Waals surface area contributed by atoms with E-state index in [1.807, 2.05) is 4.90 Å². The summed E-state index contributed by atoms with van der Waals surface area (Å²) in [4.78, 5) is 18.4. The average Bonchev–Trinajstić information content (AvgIpc) is 2.77. The third-order valence-electron chi connectivity index (χ3n) is 6.83. The Hall–Kier alpha value is -2.51. The number of ether oxygens (including phenoxy) is 1. The summed E-state index contributed by atoms with van der Waals surface area (Å²) in [5.74, 6) is -0.313. The van der Waals surface area contributed by atoms with Gasteiger partial charge in [0.2, 0.25) is 0 Å². The molecule has 1 aromatic carbocycles. The van der Waals surface area contributed by atoms with Gasteiger partial charge < -0.3 is 15.2 Å². The standard InChI is InChI=1S/C26H34FN3O3/c1-30(24(26(31)32)19-7-5-9-20(27)15-19)22-16-23(17-22)33-14-4-2-3-10-21-12-11-18-8-6-13-28-25(18)29-21/h5,7,9,11-12,15,22-24H,2-4,6,8,10,13-14,16-17H2,1H3,(H,28,29)(H,31,32). The van der Waals surface area contributed by atoms with Crippen molar-refractivity contribution >= 4 is 11.8 Å². The minimum Gasteiger partial charge on any atom is -0.480 e. The molecule has 2 aromatic rings. The lowest BCUT2D eigenvalue weighted by Crippen LogP contribution is -2.49. The first-order valence-electron chi connectivity index (χ1n) is 12.1. The summed E-state index contributed by atoms with van der Waals surface area (Å²) in [5.41, 5.74) is 2.95. The number of hydrogen-bond acceptors (Lipinski definition) is 5. The normalized spacial score (nSPS) is 20.6. The molecule has 0 bridgehead atoms. The zero-order valence-electron chi connectivity index (χ0n) is 19.3. The Morgan fingerprint density at radius 1 is 1.27 bits per heavy atom. The van der Waals surface area contributed by atoms with E-state index in [0.717, 1.165) is 69.6 Å². The number of unbranched alkanes of at least 4 members (excludes halogenated alkanes) is 2. The lowest BCUT2D eigenvalue weighted by atomic mass is 9.86. The van der Waals surface area contributed by atoms with E-state index in [2.05, 4.69) is 17.4 Å². The van der Waals surface area contributed by atoms with Gasteiger partial charge in [0.25, 0.3) is 0 Å². The van der Waals surface area contributed by atoms with Crippen molar-refractivity contribution in [2.45, 2.75) is 69.6 Å². The Morgan fingerprint density at radius 2 is 2.12 bits per heavy atom. The molecule has 33 heavy (non-hydrogen) atoms. The summed E-state index contributed by atoms with van der Waals surface area (Å²) in [6.07, 6.45) is 8.29. The van der Waals surface area contributed by atoms with E-state index in [4.69, 9.17) is 9.72 Å². The Bertz CT molecular complexity index is 948. The molecule has 2 N–H and O–H groups in total. The molecule has 0 saturated heterocycles. The summed E-state index contributed by atoms with van der Waals surface area (Å²) < 4.78 is 19.6. The van der Waals surface area contributed by atoms with Crippen LogP contribution >= 0.6 is 0 Å². The van der Waals surface area contributed by atoms with Crippen molar-refractivity contribution in [2.75, 3.05) is 25.5 Å². The summed E-state index contributed by atoms with van der Waals surface area (Å²) in [6, 6.07) is 9.50. The first kappa shape index (κ1) is 23.6. The van der Waals surface area contributed by atoms with Gasteiger partial charge >= 0.3 is 5.97 Å². The van der Waals surface area contributed by atoms with E-state index in [1.54, 1.807) is 19.2 Å². The maximum atomic E-state index is 13.6. The number of aromatic nitrogens is 1. The molecule has 178 valence electrons. The minimum absolute atomic E-state index is 0.128. The van der Waals surface area contributed by atoms with E-state index in [-0.39, 0.29) is 12.1 Å². The molecule has 4 rings (SSSR count). The summed E-state index contributed by atoms with van der Waals surface area (Å²) >= 11 is 0. The number of aryl methyl sites for hydroxylation is 2. The third kappa shape index (κ3) is 6.09. The van der Waals surface area contributed by atoms with Gasteiger partial charge in [-0.05, 0) is 81.3 Å². The quantitative estimate of drug-likeness (QED) is 0.483.